The van der Waals surface area contributed by atoms with Crippen LogP contribution in [-0.2, 0) is 0 Å². The fraction of sp³-hybridized carbons (Fsp3) is 0.455. The summed E-state index contributed by atoms with van der Waals surface area (Å²) in [5, 5.41) is -0.111. The topological polar surface area (TPSA) is 9.23 Å². The minimum Gasteiger partial charge on any atom is -0.488 e. The number of benzene rings is 1. The molecule has 0 aliphatic heterocycles. The van der Waals surface area contributed by atoms with Crippen molar-refractivity contribution >= 4 is 11.6 Å². The number of hydrogen-bond acceptors (Lipinski definition) is 1. The molecule has 0 N–H and O–H groups in total. The molecule has 1 aromatic carbocycles. The van der Waals surface area contributed by atoms with E-state index in [2.05, 4.69) is 0 Å². The molecule has 1 aromatic rings. The summed E-state index contributed by atoms with van der Waals surface area (Å²) in [5.41, 5.74) is 0.285. The SMILES string of the molecule is CCCCOc1c(F)c(C)cc(Cl)c1F. The van der Waals surface area contributed by atoms with Crippen molar-refractivity contribution in [2.24, 2.45) is 0 Å². The quantitative estimate of drug-likeness (QED) is 0.563. The van der Waals surface area contributed by atoms with E-state index in [-0.39, 0.29) is 16.3 Å². The van der Waals surface area contributed by atoms with E-state index >= 15 is 0 Å². The zero-order chi connectivity index (χ0) is 11.4. The third-order valence-corrected chi connectivity index (χ3v) is 2.32. The molecule has 1 rings (SSSR count). The summed E-state index contributed by atoms with van der Waals surface area (Å²) in [6, 6.07) is 1.25. The molecule has 0 spiro atoms. The lowest BCUT2D eigenvalue weighted by Crippen LogP contribution is -2.03. The van der Waals surface area contributed by atoms with Crippen molar-refractivity contribution in [3.05, 3.63) is 28.3 Å². The van der Waals surface area contributed by atoms with E-state index in [0.29, 0.717) is 6.61 Å². The van der Waals surface area contributed by atoms with Crippen molar-refractivity contribution in [3.8, 4) is 5.75 Å². The van der Waals surface area contributed by atoms with Gasteiger partial charge in [0.1, 0.15) is 0 Å². The van der Waals surface area contributed by atoms with Crippen LogP contribution in [0.4, 0.5) is 8.78 Å². The van der Waals surface area contributed by atoms with Crippen LogP contribution in [0.5, 0.6) is 5.75 Å². The van der Waals surface area contributed by atoms with Crippen molar-refractivity contribution in [2.45, 2.75) is 26.7 Å². The molecular formula is C11H13ClF2O. The average molecular weight is 235 g/mol. The van der Waals surface area contributed by atoms with Gasteiger partial charge in [0.2, 0.25) is 0 Å². The minimum atomic E-state index is -0.823. The third kappa shape index (κ3) is 2.81. The van der Waals surface area contributed by atoms with E-state index in [1.807, 2.05) is 6.92 Å². The summed E-state index contributed by atoms with van der Waals surface area (Å²) in [6.07, 6.45) is 1.66. The van der Waals surface area contributed by atoms with Crippen molar-refractivity contribution in [1.29, 1.82) is 0 Å². The van der Waals surface area contributed by atoms with Gasteiger partial charge in [-0.15, -0.1) is 0 Å². The molecule has 15 heavy (non-hydrogen) atoms. The van der Waals surface area contributed by atoms with Crippen LogP contribution in [0.1, 0.15) is 25.3 Å². The second-order valence-corrected chi connectivity index (χ2v) is 3.74. The van der Waals surface area contributed by atoms with Gasteiger partial charge in [-0.25, -0.2) is 8.78 Å². The van der Waals surface area contributed by atoms with E-state index in [9.17, 15) is 8.78 Å². The summed E-state index contributed by atoms with van der Waals surface area (Å²) in [5.74, 6) is -1.86. The molecule has 0 heterocycles. The first kappa shape index (κ1) is 12.2. The van der Waals surface area contributed by atoms with Gasteiger partial charge >= 0.3 is 0 Å². The highest BCUT2D eigenvalue weighted by Gasteiger charge is 2.16. The Morgan fingerprint density at radius 3 is 2.60 bits per heavy atom. The molecule has 0 aliphatic carbocycles. The van der Waals surface area contributed by atoms with E-state index in [0.717, 1.165) is 12.8 Å². The van der Waals surface area contributed by atoms with Crippen LogP contribution >= 0.6 is 11.6 Å². The normalized spacial score (nSPS) is 10.5. The number of unbranched alkanes of at least 4 members (excludes halogenated alkanes) is 1. The van der Waals surface area contributed by atoms with Gasteiger partial charge in [-0.3, -0.25) is 0 Å². The van der Waals surface area contributed by atoms with Crippen LogP contribution in [0.15, 0.2) is 6.07 Å². The Bertz CT molecular complexity index is 327. The Morgan fingerprint density at radius 1 is 1.33 bits per heavy atom. The van der Waals surface area contributed by atoms with Crippen LogP contribution < -0.4 is 4.74 Å². The van der Waals surface area contributed by atoms with Gasteiger partial charge in [0, 0.05) is 0 Å². The van der Waals surface area contributed by atoms with Crippen LogP contribution in [0, 0.1) is 18.6 Å². The Morgan fingerprint density at radius 2 is 2.00 bits per heavy atom. The third-order valence-electron chi connectivity index (χ3n) is 2.04. The van der Waals surface area contributed by atoms with E-state index in [4.69, 9.17) is 16.3 Å². The van der Waals surface area contributed by atoms with Gasteiger partial charge in [0.15, 0.2) is 17.4 Å². The van der Waals surface area contributed by atoms with Gasteiger partial charge in [-0.1, -0.05) is 24.9 Å². The number of halogens is 3. The maximum Gasteiger partial charge on any atom is 0.192 e. The predicted octanol–water partition coefficient (Wildman–Crippen LogP) is 4.11. The summed E-state index contributed by atoms with van der Waals surface area (Å²) in [6.45, 7) is 3.79. The number of aryl methyl sites for hydroxylation is 1. The van der Waals surface area contributed by atoms with E-state index in [1.165, 1.54) is 13.0 Å². The monoisotopic (exact) mass is 234 g/mol. The molecule has 0 saturated carbocycles. The molecule has 0 atom stereocenters. The highest BCUT2D eigenvalue weighted by atomic mass is 35.5. The summed E-state index contributed by atoms with van der Waals surface area (Å²) >= 11 is 5.58. The molecule has 0 aliphatic rings. The first-order valence-corrected chi connectivity index (χ1v) is 5.22. The maximum absolute atomic E-state index is 13.4. The highest BCUT2D eigenvalue weighted by molar-refractivity contribution is 6.31. The summed E-state index contributed by atoms with van der Waals surface area (Å²) < 4.78 is 31.9. The predicted molar refractivity (Wildman–Crippen MR) is 56.5 cm³/mol. The summed E-state index contributed by atoms with van der Waals surface area (Å²) in [4.78, 5) is 0. The molecule has 0 unspecified atom stereocenters. The number of rotatable bonds is 4. The molecule has 0 fully saturated rings. The Hall–Kier alpha value is -0.830. The van der Waals surface area contributed by atoms with Crippen molar-refractivity contribution < 1.29 is 13.5 Å². The lowest BCUT2D eigenvalue weighted by molar-refractivity contribution is 0.278. The van der Waals surface area contributed by atoms with Crippen LogP contribution in [-0.4, -0.2) is 6.61 Å². The Kier molecular flexibility index (Phi) is 4.33. The standard InChI is InChI=1S/C11H13ClF2O/c1-3-4-5-15-11-9(13)7(2)6-8(12)10(11)14/h6H,3-5H2,1-2H3. The Balaban J connectivity index is 2.94. The summed E-state index contributed by atoms with van der Waals surface area (Å²) in [7, 11) is 0. The van der Waals surface area contributed by atoms with Gasteiger partial charge < -0.3 is 4.74 Å². The largest absolute Gasteiger partial charge is 0.488 e. The molecule has 1 nitrogen and oxygen atoms in total. The molecule has 0 radical (unpaired) electrons. The average Bonchev–Trinajstić information content (AvgIpc) is 2.20. The maximum atomic E-state index is 13.4. The molecule has 0 aromatic heterocycles. The van der Waals surface area contributed by atoms with Crippen LogP contribution in [0.2, 0.25) is 5.02 Å². The molecule has 0 saturated heterocycles. The molecular weight excluding hydrogens is 222 g/mol. The fourth-order valence-corrected chi connectivity index (χ4v) is 1.40. The van der Waals surface area contributed by atoms with Gasteiger partial charge in [-0.05, 0) is 25.0 Å². The second-order valence-electron chi connectivity index (χ2n) is 3.33. The van der Waals surface area contributed by atoms with Crippen molar-refractivity contribution in [2.75, 3.05) is 6.61 Å². The lowest BCUT2D eigenvalue weighted by Gasteiger charge is -2.10. The Labute approximate surface area is 93.0 Å². The first-order chi connectivity index (χ1) is 7.07. The smallest absolute Gasteiger partial charge is 0.192 e. The number of hydrogen-bond donors (Lipinski definition) is 0. The van der Waals surface area contributed by atoms with Crippen molar-refractivity contribution in [3.63, 3.8) is 0 Å². The molecule has 0 amide bonds. The first-order valence-electron chi connectivity index (χ1n) is 4.84. The zero-order valence-electron chi connectivity index (χ0n) is 8.74. The van der Waals surface area contributed by atoms with Gasteiger partial charge in [0.25, 0.3) is 0 Å². The van der Waals surface area contributed by atoms with E-state index < -0.39 is 11.6 Å². The zero-order valence-corrected chi connectivity index (χ0v) is 9.50. The lowest BCUT2D eigenvalue weighted by atomic mass is 10.2. The number of ether oxygens (including phenoxy) is 1. The van der Waals surface area contributed by atoms with Gasteiger partial charge in [-0.2, -0.15) is 0 Å². The van der Waals surface area contributed by atoms with E-state index in [1.54, 1.807) is 0 Å². The fourth-order valence-electron chi connectivity index (χ4n) is 1.15. The molecule has 4 heteroatoms. The van der Waals surface area contributed by atoms with Crippen LogP contribution in [0.3, 0.4) is 0 Å². The molecule has 0 bridgehead atoms. The van der Waals surface area contributed by atoms with Crippen molar-refractivity contribution in [1.82, 2.24) is 0 Å². The molecule has 84 valence electrons. The van der Waals surface area contributed by atoms with Gasteiger partial charge in [0.05, 0.1) is 11.6 Å². The minimum absolute atomic E-state index is 0.111. The highest BCUT2D eigenvalue weighted by Crippen LogP contribution is 2.30. The second kappa shape index (κ2) is 5.31. The van der Waals surface area contributed by atoms with Crippen LogP contribution in [0.25, 0.3) is 0 Å².